The molecule has 0 saturated carbocycles. The molecule has 0 bridgehead atoms. The monoisotopic (exact) mass is 346 g/mol. The molecule has 0 aliphatic carbocycles. The van der Waals surface area contributed by atoms with Crippen molar-refractivity contribution in [2.45, 2.75) is 12.8 Å². The fraction of sp³-hybridized carbons (Fsp3) is 0.111. The van der Waals surface area contributed by atoms with Gasteiger partial charge in [-0.1, -0.05) is 30.3 Å². The van der Waals surface area contributed by atoms with Gasteiger partial charge in [-0.25, -0.2) is 4.98 Å². The van der Waals surface area contributed by atoms with Gasteiger partial charge in [0.15, 0.2) is 5.78 Å². The van der Waals surface area contributed by atoms with Gasteiger partial charge < -0.3 is 9.67 Å². The first-order valence-corrected chi connectivity index (χ1v) is 7.36. The summed E-state index contributed by atoms with van der Waals surface area (Å²) in [5, 5.41) is 9.35. The SMILES string of the molecule is O=C(c1ccccc1)c1cc(C(F)(F)F)ccc1-n1ccnc1CO. The highest BCUT2D eigenvalue weighted by atomic mass is 19.4. The number of aromatic nitrogens is 2. The van der Waals surface area contributed by atoms with Crippen molar-refractivity contribution in [3.8, 4) is 5.69 Å². The molecule has 4 nitrogen and oxygen atoms in total. The number of alkyl halides is 3. The lowest BCUT2D eigenvalue weighted by molar-refractivity contribution is -0.137. The van der Waals surface area contributed by atoms with Crippen LogP contribution in [0.25, 0.3) is 5.69 Å². The zero-order valence-corrected chi connectivity index (χ0v) is 12.9. The Balaban J connectivity index is 2.20. The van der Waals surface area contributed by atoms with Crippen molar-refractivity contribution in [2.24, 2.45) is 0 Å². The molecule has 0 aliphatic rings. The zero-order valence-electron chi connectivity index (χ0n) is 12.9. The highest BCUT2D eigenvalue weighted by Gasteiger charge is 2.32. The molecule has 1 heterocycles. The van der Waals surface area contributed by atoms with Crippen LogP contribution in [0.2, 0.25) is 0 Å². The van der Waals surface area contributed by atoms with Crippen LogP contribution in [0, 0.1) is 0 Å². The Labute approximate surface area is 141 Å². The van der Waals surface area contributed by atoms with Gasteiger partial charge in [0.25, 0.3) is 0 Å². The zero-order chi connectivity index (χ0) is 18.0. The maximum absolute atomic E-state index is 13.1. The number of aliphatic hydroxyl groups excluding tert-OH is 1. The molecule has 0 aliphatic heterocycles. The van der Waals surface area contributed by atoms with Crippen LogP contribution in [-0.2, 0) is 12.8 Å². The summed E-state index contributed by atoms with van der Waals surface area (Å²) >= 11 is 0. The molecule has 3 aromatic rings. The smallest absolute Gasteiger partial charge is 0.388 e. The van der Waals surface area contributed by atoms with Crippen LogP contribution in [0.15, 0.2) is 60.9 Å². The summed E-state index contributed by atoms with van der Waals surface area (Å²) in [6.07, 6.45) is -1.69. The van der Waals surface area contributed by atoms with Crippen molar-refractivity contribution in [1.29, 1.82) is 0 Å². The van der Waals surface area contributed by atoms with Gasteiger partial charge in [0, 0.05) is 23.5 Å². The van der Waals surface area contributed by atoms with E-state index in [0.717, 1.165) is 12.1 Å². The number of halogens is 3. The van der Waals surface area contributed by atoms with Gasteiger partial charge in [0.2, 0.25) is 0 Å². The van der Waals surface area contributed by atoms with E-state index >= 15 is 0 Å². The average Bonchev–Trinajstić information content (AvgIpc) is 3.09. The van der Waals surface area contributed by atoms with E-state index in [0.29, 0.717) is 0 Å². The molecule has 2 aromatic carbocycles. The van der Waals surface area contributed by atoms with Crippen molar-refractivity contribution >= 4 is 5.78 Å². The number of ketones is 1. The molecule has 1 N–H and O–H groups in total. The van der Waals surface area contributed by atoms with Gasteiger partial charge >= 0.3 is 6.18 Å². The Kier molecular flexibility index (Phi) is 4.41. The maximum Gasteiger partial charge on any atom is 0.416 e. The second kappa shape index (κ2) is 6.52. The molecule has 1 aromatic heterocycles. The Bertz CT molecular complexity index is 902. The van der Waals surface area contributed by atoms with E-state index in [1.54, 1.807) is 18.2 Å². The number of carbonyl (C=O) groups is 1. The Hall–Kier alpha value is -2.93. The summed E-state index contributed by atoms with van der Waals surface area (Å²) in [5.41, 5.74) is -0.535. The van der Waals surface area contributed by atoms with Crippen LogP contribution in [0.1, 0.15) is 27.3 Å². The standard InChI is InChI=1S/C18H13F3N2O2/c19-18(20,21)13-6-7-15(23-9-8-22-16(23)11-24)14(10-13)17(25)12-4-2-1-3-5-12/h1-10,24H,11H2. The van der Waals surface area contributed by atoms with Crippen molar-refractivity contribution < 1.29 is 23.1 Å². The normalized spacial score (nSPS) is 11.5. The number of nitrogens with zero attached hydrogens (tertiary/aromatic N) is 2. The van der Waals surface area contributed by atoms with Crippen molar-refractivity contribution in [3.05, 3.63) is 83.4 Å². The number of hydrogen-bond donors (Lipinski definition) is 1. The van der Waals surface area contributed by atoms with Gasteiger partial charge in [-0.05, 0) is 18.2 Å². The first kappa shape index (κ1) is 16.9. The van der Waals surface area contributed by atoms with Crippen molar-refractivity contribution in [2.75, 3.05) is 0 Å². The summed E-state index contributed by atoms with van der Waals surface area (Å²) in [6, 6.07) is 11.0. The minimum Gasteiger partial charge on any atom is -0.388 e. The van der Waals surface area contributed by atoms with Crippen LogP contribution in [0.4, 0.5) is 13.2 Å². The van der Waals surface area contributed by atoms with E-state index in [4.69, 9.17) is 0 Å². The minimum absolute atomic E-state index is 0.117. The third-order valence-corrected chi connectivity index (χ3v) is 3.72. The molecule has 3 rings (SSSR count). The fourth-order valence-electron chi connectivity index (χ4n) is 2.52. The average molecular weight is 346 g/mol. The molecule has 0 amide bonds. The highest BCUT2D eigenvalue weighted by molar-refractivity contribution is 6.11. The summed E-state index contributed by atoms with van der Waals surface area (Å²) in [5.74, 6) is -0.318. The number of aliphatic hydroxyl groups is 1. The molecule has 0 unspecified atom stereocenters. The van der Waals surface area contributed by atoms with Gasteiger partial charge in [-0.3, -0.25) is 4.79 Å². The molecule has 0 radical (unpaired) electrons. The van der Waals surface area contributed by atoms with Crippen molar-refractivity contribution in [3.63, 3.8) is 0 Å². The second-order valence-electron chi connectivity index (χ2n) is 5.30. The Morgan fingerprint density at radius 2 is 1.84 bits per heavy atom. The van der Waals surface area contributed by atoms with Gasteiger partial charge in [-0.2, -0.15) is 13.2 Å². The van der Waals surface area contributed by atoms with Gasteiger partial charge in [0.1, 0.15) is 12.4 Å². The lowest BCUT2D eigenvalue weighted by Gasteiger charge is -2.15. The van der Waals surface area contributed by atoms with E-state index in [2.05, 4.69) is 4.98 Å². The summed E-state index contributed by atoms with van der Waals surface area (Å²) in [6.45, 7) is -0.410. The molecule has 25 heavy (non-hydrogen) atoms. The Morgan fingerprint density at radius 1 is 1.12 bits per heavy atom. The molecule has 0 atom stereocenters. The van der Waals surface area contributed by atoms with Gasteiger partial charge in [0.05, 0.1) is 11.3 Å². The van der Waals surface area contributed by atoms with Crippen LogP contribution >= 0.6 is 0 Å². The predicted molar refractivity (Wildman–Crippen MR) is 84.4 cm³/mol. The maximum atomic E-state index is 13.1. The molecule has 0 fully saturated rings. The third kappa shape index (κ3) is 3.32. The van der Waals surface area contributed by atoms with Crippen LogP contribution in [-0.4, -0.2) is 20.4 Å². The van der Waals surface area contributed by atoms with Gasteiger partial charge in [-0.15, -0.1) is 0 Å². The van der Waals surface area contributed by atoms with E-state index in [1.165, 1.54) is 35.2 Å². The predicted octanol–water partition coefficient (Wildman–Crippen LogP) is 3.61. The van der Waals surface area contributed by atoms with Crippen molar-refractivity contribution in [1.82, 2.24) is 9.55 Å². The fourth-order valence-corrected chi connectivity index (χ4v) is 2.52. The summed E-state index contributed by atoms with van der Waals surface area (Å²) in [4.78, 5) is 16.7. The van der Waals surface area contributed by atoms with E-state index in [9.17, 15) is 23.1 Å². The largest absolute Gasteiger partial charge is 0.416 e. The number of imidazole rings is 1. The lowest BCUT2D eigenvalue weighted by Crippen LogP contribution is -2.13. The number of hydrogen-bond acceptors (Lipinski definition) is 3. The Morgan fingerprint density at radius 3 is 2.48 bits per heavy atom. The van der Waals surface area contributed by atoms with E-state index < -0.39 is 24.1 Å². The third-order valence-electron chi connectivity index (χ3n) is 3.72. The number of benzene rings is 2. The highest BCUT2D eigenvalue weighted by Crippen LogP contribution is 2.32. The van der Waals surface area contributed by atoms with Crippen LogP contribution in [0.5, 0.6) is 0 Å². The molecule has 128 valence electrons. The number of carbonyl (C=O) groups excluding carboxylic acids is 1. The minimum atomic E-state index is -4.57. The summed E-state index contributed by atoms with van der Waals surface area (Å²) < 4.78 is 40.6. The quantitative estimate of drug-likeness (QED) is 0.734. The topological polar surface area (TPSA) is 55.1 Å². The van der Waals surface area contributed by atoms with E-state index in [-0.39, 0.29) is 22.6 Å². The second-order valence-corrected chi connectivity index (χ2v) is 5.30. The number of rotatable bonds is 4. The lowest BCUT2D eigenvalue weighted by atomic mass is 9.99. The van der Waals surface area contributed by atoms with Crippen LogP contribution in [0.3, 0.4) is 0 Å². The first-order valence-electron chi connectivity index (χ1n) is 7.36. The molecular weight excluding hydrogens is 333 g/mol. The molecule has 7 heteroatoms. The molecule has 0 saturated heterocycles. The molecular formula is C18H13F3N2O2. The summed E-state index contributed by atoms with van der Waals surface area (Å²) in [7, 11) is 0. The first-order chi connectivity index (χ1) is 11.9. The van der Waals surface area contributed by atoms with E-state index in [1.807, 2.05) is 0 Å². The van der Waals surface area contributed by atoms with Crippen LogP contribution < -0.4 is 0 Å². The molecule has 0 spiro atoms.